The summed E-state index contributed by atoms with van der Waals surface area (Å²) in [4.78, 5) is 37.0. The van der Waals surface area contributed by atoms with Gasteiger partial charge in [-0.05, 0) is 42.8 Å². The fraction of sp³-hybridized carbons (Fsp3) is 0.250. The summed E-state index contributed by atoms with van der Waals surface area (Å²) in [5.74, 6) is -0.607. The monoisotopic (exact) mass is 387 g/mol. The van der Waals surface area contributed by atoms with Gasteiger partial charge in [0.2, 0.25) is 17.7 Å². The molecule has 0 aliphatic rings. The maximum Gasteiger partial charge on any atom is 0.226 e. The van der Waals surface area contributed by atoms with Crippen LogP contribution in [0, 0.1) is 6.92 Å². The van der Waals surface area contributed by atoms with Crippen LogP contribution in [0.5, 0.6) is 0 Å². The van der Waals surface area contributed by atoms with Gasteiger partial charge in [0.05, 0.1) is 0 Å². The Labute approximate surface area is 163 Å². The smallest absolute Gasteiger partial charge is 0.226 e. The molecule has 0 fully saturated rings. The normalized spacial score (nSPS) is 10.2. The van der Waals surface area contributed by atoms with Crippen molar-refractivity contribution in [2.24, 2.45) is 0 Å². The molecule has 0 heterocycles. The maximum absolute atomic E-state index is 12.3. The zero-order valence-electron chi connectivity index (χ0n) is 15.5. The summed E-state index contributed by atoms with van der Waals surface area (Å²) in [6.07, 6.45) is 0.121. The van der Waals surface area contributed by atoms with Gasteiger partial charge < -0.3 is 15.5 Å². The largest absolute Gasteiger partial charge is 0.326 e. The van der Waals surface area contributed by atoms with E-state index in [9.17, 15) is 14.4 Å². The molecule has 0 unspecified atom stereocenters. The molecule has 7 heteroatoms. The van der Waals surface area contributed by atoms with E-state index in [1.807, 2.05) is 13.0 Å². The lowest BCUT2D eigenvalue weighted by molar-refractivity contribution is -0.117. The lowest BCUT2D eigenvalue weighted by Crippen LogP contribution is -2.32. The molecule has 0 aliphatic carbocycles. The number of halogens is 1. The molecule has 2 aromatic carbocycles. The molecule has 0 aromatic heterocycles. The van der Waals surface area contributed by atoms with Crippen molar-refractivity contribution in [1.29, 1.82) is 0 Å². The first-order chi connectivity index (χ1) is 12.8. The Morgan fingerprint density at radius 1 is 1.04 bits per heavy atom. The topological polar surface area (TPSA) is 78.5 Å². The highest BCUT2D eigenvalue weighted by molar-refractivity contribution is 6.31. The third-order valence-electron chi connectivity index (χ3n) is 3.89. The SMILES string of the molecule is CC(=O)Nc1cccc(N(CCC(=O)Nc2cc(Cl)ccc2C)C(C)=O)c1. The third-order valence-corrected chi connectivity index (χ3v) is 4.13. The Morgan fingerprint density at radius 2 is 1.78 bits per heavy atom. The molecule has 0 saturated carbocycles. The molecule has 2 N–H and O–H groups in total. The molecule has 2 aromatic rings. The first kappa shape index (κ1) is 20.5. The van der Waals surface area contributed by atoms with Crippen LogP contribution < -0.4 is 15.5 Å². The molecule has 6 nitrogen and oxygen atoms in total. The summed E-state index contributed by atoms with van der Waals surface area (Å²) in [6, 6.07) is 12.2. The Hall–Kier alpha value is -2.86. The lowest BCUT2D eigenvalue weighted by Gasteiger charge is -2.22. The van der Waals surface area contributed by atoms with E-state index in [-0.39, 0.29) is 30.7 Å². The van der Waals surface area contributed by atoms with Gasteiger partial charge in [-0.15, -0.1) is 0 Å². The number of rotatable bonds is 6. The number of carbonyl (C=O) groups excluding carboxylic acids is 3. The summed E-state index contributed by atoms with van der Waals surface area (Å²) in [7, 11) is 0. The second kappa shape index (κ2) is 9.19. The Kier molecular flexibility index (Phi) is 6.96. The quantitative estimate of drug-likeness (QED) is 0.786. The highest BCUT2D eigenvalue weighted by Gasteiger charge is 2.15. The summed E-state index contributed by atoms with van der Waals surface area (Å²) in [6.45, 7) is 4.94. The third kappa shape index (κ3) is 6.11. The molecule has 0 radical (unpaired) electrons. The van der Waals surface area contributed by atoms with Crippen LogP contribution in [-0.4, -0.2) is 24.3 Å². The number of anilines is 3. The molecule has 0 aliphatic heterocycles. The number of nitrogens with one attached hydrogen (secondary N) is 2. The molecule has 142 valence electrons. The fourth-order valence-corrected chi connectivity index (χ4v) is 2.75. The van der Waals surface area contributed by atoms with Gasteiger partial charge in [0.1, 0.15) is 0 Å². The average Bonchev–Trinajstić information content (AvgIpc) is 2.58. The minimum absolute atomic E-state index is 0.121. The highest BCUT2D eigenvalue weighted by Crippen LogP contribution is 2.22. The standard InChI is InChI=1S/C20H22ClN3O3/c1-13-7-8-16(21)11-19(13)23-20(27)9-10-24(15(3)26)18-6-4-5-17(12-18)22-14(2)25/h4-8,11-12H,9-10H2,1-3H3,(H,22,25)(H,23,27). The lowest BCUT2D eigenvalue weighted by atomic mass is 10.2. The van der Waals surface area contributed by atoms with Crippen molar-refractivity contribution in [2.75, 3.05) is 22.1 Å². The first-order valence-corrected chi connectivity index (χ1v) is 8.86. The van der Waals surface area contributed by atoms with E-state index in [0.717, 1.165) is 5.56 Å². The number of aryl methyl sites for hydroxylation is 1. The number of amides is 3. The molecule has 0 spiro atoms. The van der Waals surface area contributed by atoms with Crippen LogP contribution in [-0.2, 0) is 14.4 Å². The Morgan fingerprint density at radius 3 is 2.44 bits per heavy atom. The molecular formula is C20H22ClN3O3. The van der Waals surface area contributed by atoms with Gasteiger partial charge in [-0.25, -0.2) is 0 Å². The number of carbonyl (C=O) groups is 3. The maximum atomic E-state index is 12.3. The second-order valence-corrected chi connectivity index (χ2v) is 6.60. The zero-order chi connectivity index (χ0) is 20.0. The average molecular weight is 388 g/mol. The van der Waals surface area contributed by atoms with Gasteiger partial charge in [-0.1, -0.05) is 23.7 Å². The highest BCUT2D eigenvalue weighted by atomic mass is 35.5. The van der Waals surface area contributed by atoms with E-state index < -0.39 is 0 Å². The summed E-state index contributed by atoms with van der Waals surface area (Å²) in [5, 5.41) is 6.03. The van der Waals surface area contributed by atoms with E-state index in [0.29, 0.717) is 22.1 Å². The first-order valence-electron chi connectivity index (χ1n) is 8.48. The number of nitrogens with zero attached hydrogens (tertiary/aromatic N) is 1. The predicted molar refractivity (Wildman–Crippen MR) is 108 cm³/mol. The van der Waals surface area contributed by atoms with Gasteiger partial charge in [-0.3, -0.25) is 14.4 Å². The summed E-state index contributed by atoms with van der Waals surface area (Å²) < 4.78 is 0. The van der Waals surface area contributed by atoms with Crippen molar-refractivity contribution in [3.8, 4) is 0 Å². The molecular weight excluding hydrogens is 366 g/mol. The van der Waals surface area contributed by atoms with Crippen molar-refractivity contribution in [3.63, 3.8) is 0 Å². The molecule has 0 atom stereocenters. The van der Waals surface area contributed by atoms with Gasteiger partial charge in [-0.2, -0.15) is 0 Å². The van der Waals surface area contributed by atoms with Crippen LogP contribution in [0.25, 0.3) is 0 Å². The number of benzene rings is 2. The molecule has 2 rings (SSSR count). The van der Waals surface area contributed by atoms with Crippen molar-refractivity contribution < 1.29 is 14.4 Å². The number of hydrogen-bond donors (Lipinski definition) is 2. The zero-order valence-corrected chi connectivity index (χ0v) is 16.3. The van der Waals surface area contributed by atoms with Crippen LogP contribution in [0.2, 0.25) is 5.02 Å². The van der Waals surface area contributed by atoms with Crippen LogP contribution >= 0.6 is 11.6 Å². The minimum atomic E-state index is -0.218. The molecule has 27 heavy (non-hydrogen) atoms. The Bertz CT molecular complexity index is 867. The van der Waals surface area contributed by atoms with Crippen molar-refractivity contribution >= 4 is 46.4 Å². The van der Waals surface area contributed by atoms with Crippen LogP contribution in [0.15, 0.2) is 42.5 Å². The van der Waals surface area contributed by atoms with Gasteiger partial charge >= 0.3 is 0 Å². The number of hydrogen-bond acceptors (Lipinski definition) is 3. The van der Waals surface area contributed by atoms with Crippen LogP contribution in [0.1, 0.15) is 25.8 Å². The van der Waals surface area contributed by atoms with Crippen molar-refractivity contribution in [1.82, 2.24) is 0 Å². The van der Waals surface area contributed by atoms with Crippen LogP contribution in [0.4, 0.5) is 17.1 Å². The van der Waals surface area contributed by atoms with Gasteiger partial charge in [0, 0.05) is 48.9 Å². The van der Waals surface area contributed by atoms with E-state index in [4.69, 9.17) is 11.6 Å². The summed E-state index contributed by atoms with van der Waals surface area (Å²) in [5.41, 5.74) is 2.75. The predicted octanol–water partition coefficient (Wildman–Crippen LogP) is 3.99. The van der Waals surface area contributed by atoms with E-state index >= 15 is 0 Å². The van der Waals surface area contributed by atoms with E-state index in [1.165, 1.54) is 18.7 Å². The van der Waals surface area contributed by atoms with Crippen molar-refractivity contribution in [3.05, 3.63) is 53.1 Å². The molecule has 0 bridgehead atoms. The van der Waals surface area contributed by atoms with Crippen LogP contribution in [0.3, 0.4) is 0 Å². The minimum Gasteiger partial charge on any atom is -0.326 e. The second-order valence-electron chi connectivity index (χ2n) is 6.16. The van der Waals surface area contributed by atoms with Crippen molar-refractivity contribution in [2.45, 2.75) is 27.2 Å². The molecule has 3 amide bonds. The molecule has 0 saturated heterocycles. The van der Waals surface area contributed by atoms with Gasteiger partial charge in [0.15, 0.2) is 0 Å². The Balaban J connectivity index is 2.06. The van der Waals surface area contributed by atoms with E-state index in [2.05, 4.69) is 10.6 Å². The fourth-order valence-electron chi connectivity index (χ4n) is 2.58. The van der Waals surface area contributed by atoms with E-state index in [1.54, 1.807) is 36.4 Å². The van der Waals surface area contributed by atoms with Gasteiger partial charge in [0.25, 0.3) is 0 Å². The summed E-state index contributed by atoms with van der Waals surface area (Å²) >= 11 is 5.97.